The van der Waals surface area contributed by atoms with E-state index in [2.05, 4.69) is 43.3 Å². The molecule has 2 atom stereocenters. The van der Waals surface area contributed by atoms with Gasteiger partial charge < -0.3 is 5.32 Å². The number of hydrogen-bond donors (Lipinski definition) is 1. The average Bonchev–Trinajstić information content (AvgIpc) is 3.23. The number of anilines is 1. The number of halogens is 1. The Morgan fingerprint density at radius 1 is 1.21 bits per heavy atom. The van der Waals surface area contributed by atoms with Crippen LogP contribution in [0.1, 0.15) is 17.9 Å². The van der Waals surface area contributed by atoms with Crippen molar-refractivity contribution in [2.75, 3.05) is 5.32 Å². The summed E-state index contributed by atoms with van der Waals surface area (Å²) in [4.78, 5) is 20.2. The first-order valence-corrected chi connectivity index (χ1v) is 6.86. The number of nitrogens with one attached hydrogen (secondary N) is 1. The molecule has 1 fully saturated rings. The molecule has 0 spiro atoms. The molecule has 2 aromatic rings. The first-order chi connectivity index (χ1) is 9.24. The van der Waals surface area contributed by atoms with Gasteiger partial charge in [-0.05, 0) is 33.8 Å². The Kier molecular flexibility index (Phi) is 3.29. The van der Waals surface area contributed by atoms with Crippen molar-refractivity contribution in [2.24, 2.45) is 5.92 Å². The van der Waals surface area contributed by atoms with Crippen molar-refractivity contribution in [3.8, 4) is 0 Å². The number of benzene rings is 1. The zero-order chi connectivity index (χ0) is 13.2. The van der Waals surface area contributed by atoms with Crippen LogP contribution in [-0.4, -0.2) is 15.9 Å². The minimum absolute atomic E-state index is 0.0190. The predicted octanol–water partition coefficient (Wildman–Crippen LogP) is 2.98. The third-order valence-electron chi connectivity index (χ3n) is 3.23. The molecule has 1 aliphatic rings. The molecule has 1 aromatic heterocycles. The molecule has 4 nitrogen and oxygen atoms in total. The quantitative estimate of drug-likeness (QED) is 0.946. The number of aromatic nitrogens is 2. The van der Waals surface area contributed by atoms with Crippen LogP contribution in [0.3, 0.4) is 0 Å². The van der Waals surface area contributed by atoms with Crippen molar-refractivity contribution < 1.29 is 4.79 Å². The lowest BCUT2D eigenvalue weighted by Gasteiger charge is -2.03. The molecule has 96 valence electrons. The van der Waals surface area contributed by atoms with Gasteiger partial charge in [0, 0.05) is 5.92 Å². The van der Waals surface area contributed by atoms with Crippen LogP contribution in [0, 0.1) is 5.92 Å². The third kappa shape index (κ3) is 2.81. The van der Waals surface area contributed by atoms with E-state index in [-0.39, 0.29) is 11.8 Å². The molecule has 1 N–H and O–H groups in total. The maximum atomic E-state index is 12.1. The fourth-order valence-corrected chi connectivity index (χ4v) is 2.35. The van der Waals surface area contributed by atoms with Gasteiger partial charge in [0.2, 0.25) is 5.91 Å². The Hall–Kier alpha value is -1.75. The number of nitrogens with zero attached hydrogens (tertiary/aromatic N) is 2. The van der Waals surface area contributed by atoms with Crippen LogP contribution in [0.15, 0.2) is 47.3 Å². The highest BCUT2D eigenvalue weighted by Gasteiger charge is 2.43. The van der Waals surface area contributed by atoms with Gasteiger partial charge in [-0.1, -0.05) is 30.3 Å². The van der Waals surface area contributed by atoms with Gasteiger partial charge in [0.15, 0.2) is 5.82 Å². The zero-order valence-corrected chi connectivity index (χ0v) is 11.7. The molecular weight excluding hydrogens is 306 g/mol. The van der Waals surface area contributed by atoms with Gasteiger partial charge in [0.25, 0.3) is 0 Å². The van der Waals surface area contributed by atoms with E-state index in [0.29, 0.717) is 16.3 Å². The van der Waals surface area contributed by atoms with Gasteiger partial charge >= 0.3 is 0 Å². The van der Waals surface area contributed by atoms with Gasteiger partial charge in [-0.2, -0.15) is 0 Å². The van der Waals surface area contributed by atoms with Gasteiger partial charge in [0.1, 0.15) is 4.60 Å². The SMILES string of the molecule is O=C(Nc1cnc(Br)cn1)C1CC1c1ccccc1. The molecule has 0 aliphatic heterocycles. The smallest absolute Gasteiger partial charge is 0.229 e. The van der Waals surface area contributed by atoms with Crippen molar-refractivity contribution in [1.82, 2.24) is 9.97 Å². The Labute approximate surface area is 119 Å². The summed E-state index contributed by atoms with van der Waals surface area (Å²) in [6.07, 6.45) is 4.01. The number of carbonyl (C=O) groups excluding carboxylic acids is 1. The van der Waals surface area contributed by atoms with Crippen LogP contribution < -0.4 is 5.32 Å². The Balaban J connectivity index is 1.63. The number of carbonyl (C=O) groups is 1. The standard InChI is InChI=1S/C14H12BrN3O/c15-12-7-17-13(8-16-12)18-14(19)11-6-10(11)9-4-2-1-3-5-9/h1-5,7-8,10-11H,6H2,(H,17,18,19). The minimum atomic E-state index is 0.0190. The summed E-state index contributed by atoms with van der Waals surface area (Å²) in [7, 11) is 0. The molecule has 3 rings (SSSR count). The second kappa shape index (κ2) is 5.09. The van der Waals surface area contributed by atoms with Crippen LogP contribution in [0.4, 0.5) is 5.82 Å². The molecular formula is C14H12BrN3O. The van der Waals surface area contributed by atoms with Gasteiger partial charge in [0.05, 0.1) is 12.4 Å². The molecule has 0 bridgehead atoms. The van der Waals surface area contributed by atoms with Crippen LogP contribution in [0.2, 0.25) is 0 Å². The highest BCUT2D eigenvalue weighted by molar-refractivity contribution is 9.10. The van der Waals surface area contributed by atoms with Crippen molar-refractivity contribution in [2.45, 2.75) is 12.3 Å². The number of hydrogen-bond acceptors (Lipinski definition) is 3. The largest absolute Gasteiger partial charge is 0.309 e. The normalized spacial score (nSPS) is 20.9. The lowest BCUT2D eigenvalue weighted by Crippen LogP contribution is -2.15. The first-order valence-electron chi connectivity index (χ1n) is 6.07. The van der Waals surface area contributed by atoms with Crippen LogP contribution >= 0.6 is 15.9 Å². The highest BCUT2D eigenvalue weighted by atomic mass is 79.9. The maximum Gasteiger partial charge on any atom is 0.229 e. The second-order valence-corrected chi connectivity index (χ2v) is 5.39. The van der Waals surface area contributed by atoms with E-state index in [1.54, 1.807) is 12.4 Å². The van der Waals surface area contributed by atoms with Crippen molar-refractivity contribution in [1.29, 1.82) is 0 Å². The van der Waals surface area contributed by atoms with E-state index < -0.39 is 0 Å². The van der Waals surface area contributed by atoms with Crippen molar-refractivity contribution in [3.63, 3.8) is 0 Å². The molecule has 1 aliphatic carbocycles. The number of amides is 1. The van der Waals surface area contributed by atoms with Crippen LogP contribution in [-0.2, 0) is 4.79 Å². The number of rotatable bonds is 3. The predicted molar refractivity (Wildman–Crippen MR) is 75.7 cm³/mol. The highest BCUT2D eigenvalue weighted by Crippen LogP contribution is 2.47. The van der Waals surface area contributed by atoms with Gasteiger partial charge in [-0.25, -0.2) is 9.97 Å². The molecule has 1 heterocycles. The van der Waals surface area contributed by atoms with E-state index in [1.165, 1.54) is 5.56 Å². The first kappa shape index (κ1) is 12.3. The summed E-state index contributed by atoms with van der Waals surface area (Å²) in [5.41, 5.74) is 1.23. The summed E-state index contributed by atoms with van der Waals surface area (Å²) in [5.74, 6) is 0.898. The fourth-order valence-electron chi connectivity index (χ4n) is 2.15. The summed E-state index contributed by atoms with van der Waals surface area (Å²) in [6, 6.07) is 10.1. The average molecular weight is 318 g/mol. The molecule has 0 saturated heterocycles. The zero-order valence-electron chi connectivity index (χ0n) is 10.1. The molecule has 1 saturated carbocycles. The molecule has 5 heteroatoms. The van der Waals surface area contributed by atoms with Gasteiger partial charge in [-0.3, -0.25) is 4.79 Å². The Morgan fingerprint density at radius 2 is 2.00 bits per heavy atom. The topological polar surface area (TPSA) is 54.9 Å². The van der Waals surface area contributed by atoms with E-state index in [4.69, 9.17) is 0 Å². The van der Waals surface area contributed by atoms with Crippen LogP contribution in [0.5, 0.6) is 0 Å². The molecule has 19 heavy (non-hydrogen) atoms. The van der Waals surface area contributed by atoms with E-state index in [0.717, 1.165) is 6.42 Å². The lowest BCUT2D eigenvalue weighted by atomic mass is 10.1. The summed E-state index contributed by atoms with van der Waals surface area (Å²) < 4.78 is 0.652. The summed E-state index contributed by atoms with van der Waals surface area (Å²) >= 11 is 3.21. The second-order valence-electron chi connectivity index (χ2n) is 4.57. The molecule has 0 radical (unpaired) electrons. The summed E-state index contributed by atoms with van der Waals surface area (Å²) in [6.45, 7) is 0. The molecule has 2 unspecified atom stereocenters. The van der Waals surface area contributed by atoms with E-state index >= 15 is 0 Å². The Bertz CT molecular complexity index is 585. The van der Waals surface area contributed by atoms with Crippen molar-refractivity contribution in [3.05, 3.63) is 52.9 Å². The fraction of sp³-hybridized carbons (Fsp3) is 0.214. The van der Waals surface area contributed by atoms with Crippen LogP contribution in [0.25, 0.3) is 0 Å². The van der Waals surface area contributed by atoms with E-state index in [1.807, 2.05) is 18.2 Å². The lowest BCUT2D eigenvalue weighted by molar-refractivity contribution is -0.117. The summed E-state index contributed by atoms with van der Waals surface area (Å²) in [5, 5.41) is 2.80. The Morgan fingerprint density at radius 3 is 2.68 bits per heavy atom. The molecule has 1 amide bonds. The maximum absolute atomic E-state index is 12.1. The minimum Gasteiger partial charge on any atom is -0.309 e. The van der Waals surface area contributed by atoms with Gasteiger partial charge in [-0.15, -0.1) is 0 Å². The monoisotopic (exact) mass is 317 g/mol. The molecule has 1 aromatic carbocycles. The third-order valence-corrected chi connectivity index (χ3v) is 3.64. The van der Waals surface area contributed by atoms with Crippen molar-refractivity contribution >= 4 is 27.7 Å². The van der Waals surface area contributed by atoms with E-state index in [9.17, 15) is 4.79 Å².